The lowest BCUT2D eigenvalue weighted by Gasteiger charge is -2.13. The van der Waals surface area contributed by atoms with Crippen molar-refractivity contribution in [1.29, 1.82) is 0 Å². The van der Waals surface area contributed by atoms with E-state index in [0.717, 1.165) is 26.0 Å². The molecule has 1 heterocycles. The molecule has 0 aliphatic carbocycles. The molecule has 0 radical (unpaired) electrons. The number of hydrogen-bond acceptors (Lipinski definition) is 5. The maximum Gasteiger partial charge on any atom is 0.148 e. The predicted molar refractivity (Wildman–Crippen MR) is 84.4 cm³/mol. The first-order valence-corrected chi connectivity index (χ1v) is 7.14. The zero-order valence-corrected chi connectivity index (χ0v) is 13.6. The number of aromatic nitrogens is 2. The Bertz CT molecular complexity index is 615. The van der Waals surface area contributed by atoms with E-state index in [-0.39, 0.29) is 0 Å². The number of nitrogens with zero attached hydrogens (tertiary/aromatic N) is 2. The number of halogens is 2. The van der Waals surface area contributed by atoms with E-state index in [2.05, 4.69) is 52.6 Å². The molecule has 1 aromatic carbocycles. The Kier molecular flexibility index (Phi) is 4.38. The van der Waals surface area contributed by atoms with Crippen molar-refractivity contribution in [1.82, 2.24) is 9.97 Å². The molecular formula is C12H13Br2N5. The molecule has 2 rings (SSSR count). The maximum absolute atomic E-state index is 5.45. The smallest absolute Gasteiger partial charge is 0.148 e. The van der Waals surface area contributed by atoms with Crippen LogP contribution in [0.4, 0.5) is 17.3 Å². The molecule has 0 saturated carbocycles. The molecule has 0 spiro atoms. The SMILES string of the molecule is Cc1nc(NN)c(C)c(Nc2ccc(Br)cc2Br)n1. The van der Waals surface area contributed by atoms with Gasteiger partial charge in [0.05, 0.1) is 5.69 Å². The van der Waals surface area contributed by atoms with Crippen LogP contribution >= 0.6 is 31.9 Å². The Morgan fingerprint density at radius 3 is 2.42 bits per heavy atom. The first kappa shape index (κ1) is 14.2. The van der Waals surface area contributed by atoms with Crippen LogP contribution in [0.2, 0.25) is 0 Å². The Hall–Kier alpha value is -1.18. The second-order valence-electron chi connectivity index (χ2n) is 3.99. The molecule has 0 atom stereocenters. The van der Waals surface area contributed by atoms with Crippen molar-refractivity contribution in [2.45, 2.75) is 13.8 Å². The standard InChI is InChI=1S/C12H13Br2N5/c1-6-11(16-7(2)17-12(6)19-15)18-10-4-3-8(13)5-9(10)14/h3-5H,15H2,1-2H3,(H2,16,17,18,19). The maximum atomic E-state index is 5.45. The Morgan fingerprint density at radius 2 is 1.79 bits per heavy atom. The van der Waals surface area contributed by atoms with Gasteiger partial charge >= 0.3 is 0 Å². The molecule has 0 unspecified atom stereocenters. The largest absolute Gasteiger partial charge is 0.339 e. The molecule has 0 aliphatic heterocycles. The van der Waals surface area contributed by atoms with Crippen molar-refractivity contribution >= 4 is 49.2 Å². The molecule has 0 fully saturated rings. The van der Waals surface area contributed by atoms with Gasteiger partial charge in [0.25, 0.3) is 0 Å². The quantitative estimate of drug-likeness (QED) is 0.554. The van der Waals surface area contributed by atoms with Crippen molar-refractivity contribution in [3.63, 3.8) is 0 Å². The normalized spacial score (nSPS) is 10.4. The highest BCUT2D eigenvalue weighted by molar-refractivity contribution is 9.11. The van der Waals surface area contributed by atoms with Gasteiger partial charge in [0.1, 0.15) is 17.5 Å². The van der Waals surface area contributed by atoms with Crippen molar-refractivity contribution in [2.75, 3.05) is 10.7 Å². The summed E-state index contributed by atoms with van der Waals surface area (Å²) in [5, 5.41) is 3.27. The molecule has 2 aromatic rings. The summed E-state index contributed by atoms with van der Waals surface area (Å²) in [6.07, 6.45) is 0. The molecule has 100 valence electrons. The van der Waals surface area contributed by atoms with Crippen LogP contribution in [-0.4, -0.2) is 9.97 Å². The highest BCUT2D eigenvalue weighted by Crippen LogP contribution is 2.30. The van der Waals surface area contributed by atoms with Crippen LogP contribution in [0, 0.1) is 13.8 Å². The Balaban J connectivity index is 2.40. The third-order valence-corrected chi connectivity index (χ3v) is 3.73. The van der Waals surface area contributed by atoms with Gasteiger partial charge < -0.3 is 10.7 Å². The average molecular weight is 387 g/mol. The molecule has 0 bridgehead atoms. The number of benzene rings is 1. The molecule has 5 nitrogen and oxygen atoms in total. The Morgan fingerprint density at radius 1 is 1.11 bits per heavy atom. The number of nitrogens with one attached hydrogen (secondary N) is 2. The highest BCUT2D eigenvalue weighted by Gasteiger charge is 2.10. The molecule has 0 amide bonds. The van der Waals surface area contributed by atoms with E-state index in [9.17, 15) is 0 Å². The minimum atomic E-state index is 0.614. The van der Waals surface area contributed by atoms with Crippen LogP contribution in [0.3, 0.4) is 0 Å². The fourth-order valence-corrected chi connectivity index (χ4v) is 2.76. The van der Waals surface area contributed by atoms with Gasteiger partial charge in [0, 0.05) is 14.5 Å². The van der Waals surface area contributed by atoms with Crippen molar-refractivity contribution in [3.05, 3.63) is 38.5 Å². The van der Waals surface area contributed by atoms with Crippen molar-refractivity contribution in [3.8, 4) is 0 Å². The second kappa shape index (κ2) is 5.85. The van der Waals surface area contributed by atoms with E-state index in [4.69, 9.17) is 5.84 Å². The fraction of sp³-hybridized carbons (Fsp3) is 0.167. The molecule has 7 heteroatoms. The predicted octanol–water partition coefficient (Wildman–Crippen LogP) is 3.65. The molecule has 0 saturated heterocycles. The monoisotopic (exact) mass is 385 g/mol. The lowest BCUT2D eigenvalue weighted by Crippen LogP contribution is -2.13. The summed E-state index contributed by atoms with van der Waals surface area (Å²) in [4.78, 5) is 8.61. The summed E-state index contributed by atoms with van der Waals surface area (Å²) in [5.41, 5.74) is 4.36. The number of nitrogens with two attached hydrogens (primary N) is 1. The van der Waals surface area contributed by atoms with E-state index in [1.165, 1.54) is 0 Å². The van der Waals surface area contributed by atoms with Crippen molar-refractivity contribution in [2.24, 2.45) is 5.84 Å². The molecule has 4 N–H and O–H groups in total. The minimum absolute atomic E-state index is 0.614. The topological polar surface area (TPSA) is 75.9 Å². The lowest BCUT2D eigenvalue weighted by molar-refractivity contribution is 1.03. The lowest BCUT2D eigenvalue weighted by atomic mass is 10.2. The zero-order chi connectivity index (χ0) is 14.0. The van der Waals surface area contributed by atoms with Gasteiger partial charge in [-0.15, -0.1) is 0 Å². The number of hydrazine groups is 1. The van der Waals surface area contributed by atoms with Crippen LogP contribution in [0.25, 0.3) is 0 Å². The highest BCUT2D eigenvalue weighted by atomic mass is 79.9. The van der Waals surface area contributed by atoms with Gasteiger partial charge in [-0.2, -0.15) is 0 Å². The van der Waals surface area contributed by atoms with Crippen LogP contribution < -0.4 is 16.6 Å². The first-order chi connectivity index (χ1) is 9.01. The van der Waals surface area contributed by atoms with Gasteiger partial charge in [-0.25, -0.2) is 15.8 Å². The van der Waals surface area contributed by atoms with Gasteiger partial charge in [-0.1, -0.05) is 15.9 Å². The average Bonchev–Trinajstić information content (AvgIpc) is 2.36. The first-order valence-electron chi connectivity index (χ1n) is 5.55. The summed E-state index contributed by atoms with van der Waals surface area (Å²) < 4.78 is 1.95. The fourth-order valence-electron chi connectivity index (χ4n) is 1.61. The number of rotatable bonds is 3. The van der Waals surface area contributed by atoms with Crippen LogP contribution in [0.1, 0.15) is 11.4 Å². The van der Waals surface area contributed by atoms with Gasteiger partial charge in [-0.3, -0.25) is 0 Å². The summed E-state index contributed by atoms with van der Waals surface area (Å²) in [5.74, 6) is 7.44. The van der Waals surface area contributed by atoms with E-state index >= 15 is 0 Å². The molecular weight excluding hydrogens is 374 g/mol. The molecule has 0 aliphatic rings. The number of anilines is 3. The van der Waals surface area contributed by atoms with Gasteiger partial charge in [0.2, 0.25) is 0 Å². The molecule has 1 aromatic heterocycles. The minimum Gasteiger partial charge on any atom is -0.339 e. The number of aryl methyl sites for hydroxylation is 1. The van der Waals surface area contributed by atoms with E-state index < -0.39 is 0 Å². The number of nitrogen functional groups attached to an aromatic ring is 1. The zero-order valence-electron chi connectivity index (χ0n) is 10.5. The van der Waals surface area contributed by atoms with Crippen LogP contribution in [-0.2, 0) is 0 Å². The van der Waals surface area contributed by atoms with Crippen LogP contribution in [0.15, 0.2) is 27.1 Å². The summed E-state index contributed by atoms with van der Waals surface area (Å²) in [6, 6.07) is 5.88. The van der Waals surface area contributed by atoms with Crippen molar-refractivity contribution < 1.29 is 0 Å². The van der Waals surface area contributed by atoms with Gasteiger partial charge in [0.15, 0.2) is 0 Å². The van der Waals surface area contributed by atoms with E-state index in [0.29, 0.717) is 11.6 Å². The number of hydrogen-bond donors (Lipinski definition) is 3. The van der Waals surface area contributed by atoms with Gasteiger partial charge in [-0.05, 0) is 48.0 Å². The summed E-state index contributed by atoms with van der Waals surface area (Å²) in [6.45, 7) is 3.73. The Labute approximate surface area is 128 Å². The van der Waals surface area contributed by atoms with Crippen LogP contribution in [0.5, 0.6) is 0 Å². The van der Waals surface area contributed by atoms with E-state index in [1.807, 2.05) is 32.0 Å². The third kappa shape index (κ3) is 3.23. The third-order valence-electron chi connectivity index (χ3n) is 2.58. The molecule has 19 heavy (non-hydrogen) atoms. The van der Waals surface area contributed by atoms with E-state index in [1.54, 1.807) is 0 Å². The summed E-state index contributed by atoms with van der Waals surface area (Å²) >= 11 is 6.93. The second-order valence-corrected chi connectivity index (χ2v) is 5.76. The summed E-state index contributed by atoms with van der Waals surface area (Å²) in [7, 11) is 0.